The molecule has 1 atom stereocenters. The van der Waals surface area contributed by atoms with Gasteiger partial charge in [0.25, 0.3) is 5.56 Å². The number of carbonyl (C=O) groups is 1. The molecule has 2 aromatic carbocycles. The van der Waals surface area contributed by atoms with Crippen molar-refractivity contribution >= 4 is 57.6 Å². The van der Waals surface area contributed by atoms with Gasteiger partial charge in [0.05, 0.1) is 32.1 Å². The van der Waals surface area contributed by atoms with Gasteiger partial charge in [0.15, 0.2) is 11.4 Å². The summed E-state index contributed by atoms with van der Waals surface area (Å²) in [6.07, 6.45) is 1.54. The SMILES string of the molecule is CCOC(=O)C1=C(C)N=c2s/c(=C\c3cc(Cl)cc(I)c3OCC#N)c(=O)n2[C@H]1c1ccccc1OC(C)C. The second kappa shape index (κ2) is 12.4. The predicted molar refractivity (Wildman–Crippen MR) is 158 cm³/mol. The molecule has 0 bridgehead atoms. The quantitative estimate of drug-likeness (QED) is 0.252. The van der Waals surface area contributed by atoms with Crippen LogP contribution in [0.3, 0.4) is 0 Å². The van der Waals surface area contributed by atoms with E-state index in [0.29, 0.717) is 46.2 Å². The van der Waals surface area contributed by atoms with Crippen LogP contribution in [0.25, 0.3) is 6.08 Å². The van der Waals surface area contributed by atoms with Gasteiger partial charge in [-0.15, -0.1) is 0 Å². The Morgan fingerprint density at radius 2 is 2.08 bits per heavy atom. The van der Waals surface area contributed by atoms with E-state index < -0.39 is 12.0 Å². The largest absolute Gasteiger partial charge is 0.491 e. The van der Waals surface area contributed by atoms with Crippen LogP contribution in [0.5, 0.6) is 11.5 Å². The fourth-order valence-corrected chi connectivity index (χ4v) is 6.49. The summed E-state index contributed by atoms with van der Waals surface area (Å²) in [6.45, 7) is 7.30. The highest BCUT2D eigenvalue weighted by molar-refractivity contribution is 14.1. The van der Waals surface area contributed by atoms with Crippen molar-refractivity contribution in [2.45, 2.75) is 39.8 Å². The van der Waals surface area contributed by atoms with E-state index in [1.807, 2.05) is 44.2 Å². The second-order valence-corrected chi connectivity index (χ2v) is 11.4. The number of para-hydroxylation sites is 1. The number of hydrogen-bond acceptors (Lipinski definition) is 8. The van der Waals surface area contributed by atoms with Gasteiger partial charge in [0, 0.05) is 16.1 Å². The third kappa shape index (κ3) is 6.05. The number of ether oxygens (including phenoxy) is 3. The first-order chi connectivity index (χ1) is 18.7. The molecule has 8 nitrogen and oxygen atoms in total. The minimum absolute atomic E-state index is 0.129. The number of nitriles is 1. The first kappa shape index (κ1) is 28.9. The third-order valence-electron chi connectivity index (χ3n) is 5.70. The Kier molecular flexibility index (Phi) is 9.15. The van der Waals surface area contributed by atoms with E-state index in [9.17, 15) is 9.59 Å². The molecule has 4 rings (SSSR count). The van der Waals surface area contributed by atoms with Crippen molar-refractivity contribution in [1.82, 2.24) is 4.57 Å². The number of aromatic nitrogens is 1. The summed E-state index contributed by atoms with van der Waals surface area (Å²) in [5, 5.41) is 9.48. The number of carbonyl (C=O) groups excluding carboxylic acids is 1. The van der Waals surface area contributed by atoms with Crippen LogP contribution in [0.1, 0.15) is 44.9 Å². The molecular formula is C28H25ClIN3O5S. The van der Waals surface area contributed by atoms with E-state index in [4.69, 9.17) is 31.1 Å². The monoisotopic (exact) mass is 677 g/mol. The highest BCUT2D eigenvalue weighted by atomic mass is 127. The molecule has 0 spiro atoms. The number of benzene rings is 2. The molecule has 0 N–H and O–H groups in total. The van der Waals surface area contributed by atoms with Gasteiger partial charge in [-0.25, -0.2) is 9.79 Å². The molecule has 2 heterocycles. The van der Waals surface area contributed by atoms with Crippen LogP contribution in [-0.4, -0.2) is 29.9 Å². The van der Waals surface area contributed by atoms with Crippen molar-refractivity contribution in [1.29, 1.82) is 5.26 Å². The van der Waals surface area contributed by atoms with Gasteiger partial charge >= 0.3 is 5.97 Å². The Hall–Kier alpha value is -3.14. The van der Waals surface area contributed by atoms with E-state index >= 15 is 0 Å². The van der Waals surface area contributed by atoms with Crippen molar-refractivity contribution in [3.63, 3.8) is 0 Å². The van der Waals surface area contributed by atoms with Crippen molar-refractivity contribution < 1.29 is 19.0 Å². The molecular weight excluding hydrogens is 653 g/mol. The lowest BCUT2D eigenvalue weighted by Crippen LogP contribution is -2.40. The standard InChI is InChI=1S/C28H25ClIN3O5S/c1-5-36-27(35)23-16(4)32-28-33(24(23)19-8-6-7-9-21(19)38-15(2)3)26(34)22(39-28)13-17-12-18(29)14-20(30)25(17)37-11-10-31/h6-9,12-15,24H,5,11H2,1-4H3/b22-13-/t24-/m0/s1. The number of esters is 1. The molecule has 3 aromatic rings. The van der Waals surface area contributed by atoms with E-state index in [1.165, 1.54) is 15.9 Å². The Labute approximate surface area is 247 Å². The van der Waals surface area contributed by atoms with Gasteiger partial charge in [-0.2, -0.15) is 5.26 Å². The molecule has 0 amide bonds. The van der Waals surface area contributed by atoms with Crippen LogP contribution < -0.4 is 24.4 Å². The summed E-state index contributed by atoms with van der Waals surface area (Å²) in [7, 11) is 0. The maximum absolute atomic E-state index is 14.0. The van der Waals surface area contributed by atoms with Crippen LogP contribution in [0.15, 0.2) is 57.5 Å². The predicted octanol–water partition coefficient (Wildman–Crippen LogP) is 4.75. The topological polar surface area (TPSA) is 103 Å². The number of hydrogen-bond donors (Lipinski definition) is 0. The number of allylic oxidation sites excluding steroid dienone is 1. The van der Waals surface area contributed by atoms with Gasteiger partial charge in [0.2, 0.25) is 0 Å². The zero-order valence-corrected chi connectivity index (χ0v) is 25.4. The summed E-state index contributed by atoms with van der Waals surface area (Å²) < 4.78 is 19.7. The van der Waals surface area contributed by atoms with Crippen molar-refractivity contribution in [3.05, 3.63) is 87.1 Å². The molecule has 1 aliphatic rings. The lowest BCUT2D eigenvalue weighted by Gasteiger charge is -2.26. The molecule has 0 radical (unpaired) electrons. The van der Waals surface area contributed by atoms with E-state index in [2.05, 4.69) is 27.6 Å². The van der Waals surface area contributed by atoms with Gasteiger partial charge in [0.1, 0.15) is 23.6 Å². The van der Waals surface area contributed by atoms with Crippen LogP contribution >= 0.6 is 45.5 Å². The van der Waals surface area contributed by atoms with Crippen LogP contribution in [0.4, 0.5) is 0 Å². The first-order valence-electron chi connectivity index (χ1n) is 12.1. The lowest BCUT2D eigenvalue weighted by molar-refractivity contribution is -0.139. The van der Waals surface area contributed by atoms with E-state index in [-0.39, 0.29) is 30.5 Å². The zero-order valence-electron chi connectivity index (χ0n) is 21.7. The van der Waals surface area contributed by atoms with Crippen LogP contribution in [-0.2, 0) is 9.53 Å². The Morgan fingerprint density at radius 3 is 2.77 bits per heavy atom. The number of halogens is 2. The van der Waals surface area contributed by atoms with Gasteiger partial charge in [-0.05, 0) is 74.6 Å². The molecule has 202 valence electrons. The lowest BCUT2D eigenvalue weighted by atomic mass is 9.95. The molecule has 0 fully saturated rings. The number of nitrogens with zero attached hydrogens (tertiary/aromatic N) is 3. The van der Waals surface area contributed by atoms with Crippen molar-refractivity contribution in [2.75, 3.05) is 13.2 Å². The number of thiazole rings is 1. The minimum Gasteiger partial charge on any atom is -0.491 e. The molecule has 0 aliphatic carbocycles. The zero-order chi connectivity index (χ0) is 28.3. The Morgan fingerprint density at radius 1 is 1.33 bits per heavy atom. The second-order valence-electron chi connectivity index (χ2n) is 8.76. The molecule has 0 saturated heterocycles. The smallest absolute Gasteiger partial charge is 0.338 e. The normalized spacial score (nSPS) is 15.0. The number of rotatable bonds is 8. The highest BCUT2D eigenvalue weighted by Gasteiger charge is 2.35. The molecule has 0 unspecified atom stereocenters. The summed E-state index contributed by atoms with van der Waals surface area (Å²) in [5.74, 6) is 0.456. The summed E-state index contributed by atoms with van der Waals surface area (Å²) >= 11 is 9.57. The van der Waals surface area contributed by atoms with Crippen molar-refractivity contribution in [2.24, 2.45) is 4.99 Å². The average molecular weight is 678 g/mol. The number of fused-ring (bicyclic) bond motifs is 1. The van der Waals surface area contributed by atoms with E-state index in [1.54, 1.807) is 32.1 Å². The fourth-order valence-electron chi connectivity index (χ4n) is 4.24. The molecule has 11 heteroatoms. The summed E-state index contributed by atoms with van der Waals surface area (Å²) in [4.78, 5) is 32.3. The minimum atomic E-state index is -0.814. The average Bonchev–Trinajstić information content (AvgIpc) is 3.17. The van der Waals surface area contributed by atoms with Crippen LogP contribution in [0, 0.1) is 14.9 Å². The summed E-state index contributed by atoms with van der Waals surface area (Å²) in [5.41, 5.74) is 1.57. The van der Waals surface area contributed by atoms with Gasteiger partial charge < -0.3 is 14.2 Å². The fraction of sp³-hybridized carbons (Fsp3) is 0.286. The first-order valence-corrected chi connectivity index (χ1v) is 14.4. The van der Waals surface area contributed by atoms with Gasteiger partial charge in [-0.1, -0.05) is 41.1 Å². The van der Waals surface area contributed by atoms with Gasteiger partial charge in [-0.3, -0.25) is 9.36 Å². The molecule has 0 saturated carbocycles. The van der Waals surface area contributed by atoms with Crippen LogP contribution in [0.2, 0.25) is 5.02 Å². The summed E-state index contributed by atoms with van der Waals surface area (Å²) in [6, 6.07) is 11.9. The Bertz CT molecular complexity index is 1690. The maximum Gasteiger partial charge on any atom is 0.338 e. The van der Waals surface area contributed by atoms with Crippen molar-refractivity contribution in [3.8, 4) is 17.6 Å². The Balaban J connectivity index is 2.00. The van der Waals surface area contributed by atoms with E-state index in [0.717, 1.165) is 0 Å². The molecule has 1 aliphatic heterocycles. The maximum atomic E-state index is 14.0. The molecule has 39 heavy (non-hydrogen) atoms. The third-order valence-corrected chi connectivity index (χ3v) is 7.70. The highest BCUT2D eigenvalue weighted by Crippen LogP contribution is 2.36. The molecule has 1 aromatic heterocycles.